The second kappa shape index (κ2) is 5.33. The molecule has 2 aliphatic heterocycles. The highest BCUT2D eigenvalue weighted by atomic mass is 16.5. The molecule has 4 rings (SSSR count). The predicted molar refractivity (Wildman–Crippen MR) is 87.1 cm³/mol. The molecule has 2 aromatic rings. The first kappa shape index (κ1) is 14.7. The van der Waals surface area contributed by atoms with E-state index < -0.39 is 5.92 Å². The zero-order valence-corrected chi connectivity index (χ0v) is 12.9. The maximum Gasteiger partial charge on any atom is 0.271 e. The Morgan fingerprint density at radius 1 is 1.16 bits per heavy atom. The highest BCUT2D eigenvalue weighted by Crippen LogP contribution is 2.40. The van der Waals surface area contributed by atoms with Crippen LogP contribution in [-0.2, 0) is 4.79 Å². The molecule has 6 heteroatoms. The van der Waals surface area contributed by atoms with E-state index in [1.165, 1.54) is 6.08 Å². The molecule has 0 radical (unpaired) electrons. The molecule has 2 aromatic carbocycles. The van der Waals surface area contributed by atoms with Crippen LogP contribution >= 0.6 is 0 Å². The number of amides is 1. The van der Waals surface area contributed by atoms with Crippen LogP contribution in [0.5, 0.6) is 5.75 Å². The van der Waals surface area contributed by atoms with Gasteiger partial charge in [0.1, 0.15) is 17.4 Å². The molecule has 0 fully saturated rings. The average Bonchev–Trinajstić information content (AvgIpc) is 3.01. The van der Waals surface area contributed by atoms with Crippen molar-refractivity contribution in [3.8, 4) is 17.9 Å². The van der Waals surface area contributed by atoms with E-state index in [0.29, 0.717) is 27.5 Å². The summed E-state index contributed by atoms with van der Waals surface area (Å²) in [6, 6.07) is 14.7. The Morgan fingerprint density at radius 3 is 2.76 bits per heavy atom. The van der Waals surface area contributed by atoms with E-state index in [-0.39, 0.29) is 17.4 Å². The van der Waals surface area contributed by atoms with E-state index in [0.717, 1.165) is 5.56 Å². The second-order valence-electron chi connectivity index (χ2n) is 5.67. The largest absolute Gasteiger partial charge is 0.439 e. The minimum Gasteiger partial charge on any atom is -0.439 e. The van der Waals surface area contributed by atoms with E-state index in [1.54, 1.807) is 30.3 Å². The molecule has 2 heterocycles. The fraction of sp³-hybridized carbons (Fsp3) is 0.0526. The van der Waals surface area contributed by atoms with Gasteiger partial charge in [-0.3, -0.25) is 4.79 Å². The molecular weight excluding hydrogens is 316 g/mol. The van der Waals surface area contributed by atoms with Crippen LogP contribution in [0.25, 0.3) is 6.08 Å². The predicted octanol–water partition coefficient (Wildman–Crippen LogP) is 0.717. The lowest BCUT2D eigenvalue weighted by Crippen LogP contribution is -2.31. The number of hydrogen-bond donors (Lipinski definition) is 1. The molecule has 2 aliphatic rings. The van der Waals surface area contributed by atoms with E-state index in [4.69, 9.17) is 15.7 Å². The third-order valence-electron chi connectivity index (χ3n) is 4.25. The average molecular weight is 326 g/mol. The van der Waals surface area contributed by atoms with Crippen molar-refractivity contribution in [3.63, 3.8) is 0 Å². The summed E-state index contributed by atoms with van der Waals surface area (Å²) in [7, 11) is 0. The van der Waals surface area contributed by atoms with Gasteiger partial charge in [0.2, 0.25) is 5.88 Å². The van der Waals surface area contributed by atoms with Crippen molar-refractivity contribution < 1.29 is 9.53 Å². The lowest BCUT2D eigenvalue weighted by molar-refractivity contribution is -0.112. The van der Waals surface area contributed by atoms with Crippen LogP contribution in [0.4, 0.5) is 0 Å². The van der Waals surface area contributed by atoms with Gasteiger partial charge in [-0.15, -0.1) is 0 Å². The summed E-state index contributed by atoms with van der Waals surface area (Å²) in [5, 5.41) is 19.8. The molecule has 25 heavy (non-hydrogen) atoms. The second-order valence-corrected chi connectivity index (χ2v) is 5.67. The first-order valence-electron chi connectivity index (χ1n) is 7.47. The molecule has 0 aromatic heterocycles. The summed E-state index contributed by atoms with van der Waals surface area (Å²) in [5.41, 5.74) is 8.19. The number of carbonyl (C=O) groups excluding carboxylic acids is 1. The lowest BCUT2D eigenvalue weighted by atomic mass is 9.83. The number of allylic oxidation sites excluding steroid dienone is 1. The summed E-state index contributed by atoms with van der Waals surface area (Å²) >= 11 is 0. The number of benzene rings is 2. The zero-order valence-electron chi connectivity index (χ0n) is 12.9. The van der Waals surface area contributed by atoms with Crippen LogP contribution < -0.4 is 21.0 Å². The van der Waals surface area contributed by atoms with Crippen LogP contribution in [0, 0.1) is 22.7 Å². The van der Waals surface area contributed by atoms with Crippen LogP contribution in [-0.4, -0.2) is 5.91 Å². The summed E-state index contributed by atoms with van der Waals surface area (Å²) in [5.74, 6) is -0.417. The molecule has 118 valence electrons. The quantitative estimate of drug-likeness (QED) is 0.829. The van der Waals surface area contributed by atoms with Crippen LogP contribution in [0.15, 0.2) is 52.8 Å². The minimum absolute atomic E-state index is 0.0106. The summed E-state index contributed by atoms with van der Waals surface area (Å²) in [4.78, 5) is 15.5. The Hall–Kier alpha value is -3.90. The molecule has 0 bridgehead atoms. The van der Waals surface area contributed by atoms with Gasteiger partial charge < -0.3 is 10.5 Å². The Labute approximate surface area is 142 Å². The van der Waals surface area contributed by atoms with Crippen LogP contribution in [0.3, 0.4) is 0 Å². The van der Waals surface area contributed by atoms with Crippen molar-refractivity contribution in [2.24, 2.45) is 10.7 Å². The van der Waals surface area contributed by atoms with Crippen molar-refractivity contribution in [1.82, 2.24) is 0 Å². The number of nitrogens with zero attached hydrogens (tertiary/aromatic N) is 3. The number of hydrogen-bond acceptors (Lipinski definition) is 5. The normalized spacial score (nSPS) is 17.4. The van der Waals surface area contributed by atoms with Gasteiger partial charge in [-0.05, 0) is 23.8 Å². The summed E-state index contributed by atoms with van der Waals surface area (Å²) in [6.45, 7) is 0. The fourth-order valence-corrected chi connectivity index (χ4v) is 3.18. The van der Waals surface area contributed by atoms with E-state index >= 15 is 0 Å². The van der Waals surface area contributed by atoms with E-state index in [1.807, 2.05) is 6.07 Å². The third-order valence-corrected chi connectivity index (χ3v) is 4.25. The minimum atomic E-state index is -0.476. The maximum absolute atomic E-state index is 11.6. The number of ether oxygens (including phenoxy) is 1. The Morgan fingerprint density at radius 2 is 2.00 bits per heavy atom. The molecule has 0 saturated carbocycles. The first-order chi connectivity index (χ1) is 12.1. The number of carbonyl (C=O) groups is 1. The van der Waals surface area contributed by atoms with Gasteiger partial charge >= 0.3 is 0 Å². The summed E-state index contributed by atoms with van der Waals surface area (Å²) in [6.07, 6.45) is 1.39. The molecule has 1 amide bonds. The molecular formula is C19H10N4O2. The number of rotatable bonds is 1. The van der Waals surface area contributed by atoms with Crippen LogP contribution in [0.1, 0.15) is 22.6 Å². The Balaban J connectivity index is 2.03. The highest BCUT2D eigenvalue weighted by molar-refractivity contribution is 6.06. The van der Waals surface area contributed by atoms with Gasteiger partial charge in [0, 0.05) is 16.9 Å². The first-order valence-corrected chi connectivity index (χ1v) is 7.47. The Kier molecular flexibility index (Phi) is 3.13. The van der Waals surface area contributed by atoms with Gasteiger partial charge in [0.25, 0.3) is 5.91 Å². The molecule has 0 aliphatic carbocycles. The standard InChI is InChI=1S/C19H10N4O2/c20-8-10-2-1-3-11(6-10)17-12-4-5-15-13(7-16(24)23-15)18(12)25-19(22)14(17)9-21/h1-7,17H,22H2. The van der Waals surface area contributed by atoms with E-state index in [2.05, 4.69) is 17.1 Å². The van der Waals surface area contributed by atoms with E-state index in [9.17, 15) is 10.1 Å². The van der Waals surface area contributed by atoms with Crippen molar-refractivity contribution >= 4 is 12.0 Å². The third kappa shape index (κ3) is 2.17. The van der Waals surface area contributed by atoms with Gasteiger partial charge in [-0.1, -0.05) is 18.2 Å². The maximum atomic E-state index is 11.6. The number of nitriles is 2. The monoisotopic (exact) mass is 326 g/mol. The van der Waals surface area contributed by atoms with Crippen molar-refractivity contribution in [1.29, 1.82) is 10.5 Å². The van der Waals surface area contributed by atoms with Crippen molar-refractivity contribution in [2.75, 3.05) is 0 Å². The SMILES string of the molecule is N#CC1=C(N)Oc2c(ccc3c2=CC(=O)N=3)C1c1cccc(C#N)c1. The molecule has 0 saturated heterocycles. The molecule has 1 unspecified atom stereocenters. The van der Waals surface area contributed by atoms with Crippen molar-refractivity contribution in [2.45, 2.75) is 5.92 Å². The summed E-state index contributed by atoms with van der Waals surface area (Å²) < 4.78 is 5.66. The topological polar surface area (TPSA) is 112 Å². The van der Waals surface area contributed by atoms with Gasteiger partial charge in [0.05, 0.1) is 22.9 Å². The smallest absolute Gasteiger partial charge is 0.271 e. The van der Waals surface area contributed by atoms with Gasteiger partial charge in [0.15, 0.2) is 0 Å². The molecule has 0 spiro atoms. The highest BCUT2D eigenvalue weighted by Gasteiger charge is 2.32. The van der Waals surface area contributed by atoms with Gasteiger partial charge in [-0.25, -0.2) is 4.99 Å². The van der Waals surface area contributed by atoms with Crippen LogP contribution in [0.2, 0.25) is 0 Å². The number of nitrogens with two attached hydrogens (primary N) is 1. The van der Waals surface area contributed by atoms with Gasteiger partial charge in [-0.2, -0.15) is 10.5 Å². The molecule has 6 nitrogen and oxygen atoms in total. The lowest BCUT2D eigenvalue weighted by Gasteiger charge is -2.26. The zero-order chi connectivity index (χ0) is 17.6. The molecule has 1 atom stereocenters. The fourth-order valence-electron chi connectivity index (χ4n) is 3.18. The van der Waals surface area contributed by atoms with Crippen molar-refractivity contribution in [3.05, 3.63) is 75.1 Å². The Bertz CT molecular complexity index is 1180. The number of fused-ring (bicyclic) bond motifs is 3. The molecule has 2 N–H and O–H groups in total.